The fourth-order valence-corrected chi connectivity index (χ4v) is 3.14. The highest BCUT2D eigenvalue weighted by atomic mass is 32.2. The summed E-state index contributed by atoms with van der Waals surface area (Å²) in [4.78, 5) is 24.5. The average Bonchev–Trinajstić information content (AvgIpc) is 2.73. The Morgan fingerprint density at radius 3 is 2.86 bits per heavy atom. The summed E-state index contributed by atoms with van der Waals surface area (Å²) >= 11 is 6.22. The molecule has 22 heavy (non-hydrogen) atoms. The van der Waals surface area contributed by atoms with E-state index in [0.29, 0.717) is 20.5 Å². The summed E-state index contributed by atoms with van der Waals surface area (Å²) in [5.41, 5.74) is 0.674. The summed E-state index contributed by atoms with van der Waals surface area (Å²) in [7, 11) is 1.43. The van der Waals surface area contributed by atoms with Crippen LogP contribution in [0.15, 0.2) is 23.1 Å². The van der Waals surface area contributed by atoms with Crippen LogP contribution in [-0.2, 0) is 9.59 Å². The molecule has 0 bridgehead atoms. The molecule has 0 aromatic heterocycles. The zero-order valence-corrected chi connectivity index (χ0v) is 13.2. The van der Waals surface area contributed by atoms with E-state index < -0.39 is 5.97 Å². The largest absolute Gasteiger partial charge is 0.504 e. The molecule has 1 amide bonds. The van der Waals surface area contributed by atoms with Crippen LogP contribution in [0, 0.1) is 0 Å². The predicted molar refractivity (Wildman–Crippen MR) is 86.8 cm³/mol. The van der Waals surface area contributed by atoms with Gasteiger partial charge in [-0.3, -0.25) is 14.5 Å². The molecule has 1 aromatic rings. The molecule has 1 fully saturated rings. The van der Waals surface area contributed by atoms with Gasteiger partial charge in [-0.05, 0) is 23.8 Å². The van der Waals surface area contributed by atoms with Crippen molar-refractivity contribution in [2.24, 2.45) is 0 Å². The van der Waals surface area contributed by atoms with Crippen LogP contribution in [0.2, 0.25) is 0 Å². The number of benzene rings is 1. The molecular weight excluding hydrogens is 326 g/mol. The SMILES string of the molecule is COc1cc(C=C2SC(=S)N(CCC(=O)O)C2=O)ccc1O. The van der Waals surface area contributed by atoms with Crippen LogP contribution in [0.1, 0.15) is 12.0 Å². The lowest BCUT2D eigenvalue weighted by atomic mass is 10.2. The van der Waals surface area contributed by atoms with E-state index in [1.165, 1.54) is 18.1 Å². The Balaban J connectivity index is 2.21. The van der Waals surface area contributed by atoms with Gasteiger partial charge in [0.15, 0.2) is 11.5 Å². The molecule has 2 rings (SSSR count). The fraction of sp³-hybridized carbons (Fsp3) is 0.214. The van der Waals surface area contributed by atoms with E-state index in [-0.39, 0.29) is 24.6 Å². The van der Waals surface area contributed by atoms with Crippen molar-refractivity contribution in [3.8, 4) is 11.5 Å². The summed E-state index contributed by atoms with van der Waals surface area (Å²) < 4.78 is 5.35. The van der Waals surface area contributed by atoms with Gasteiger partial charge in [0.05, 0.1) is 18.4 Å². The van der Waals surface area contributed by atoms with Crippen molar-refractivity contribution >= 4 is 46.3 Å². The number of hydrogen-bond donors (Lipinski definition) is 2. The van der Waals surface area contributed by atoms with Gasteiger partial charge in [-0.15, -0.1) is 0 Å². The van der Waals surface area contributed by atoms with Gasteiger partial charge in [0, 0.05) is 6.54 Å². The normalized spacial score (nSPS) is 16.4. The Hall–Kier alpha value is -2.06. The number of amides is 1. The van der Waals surface area contributed by atoms with Crippen LogP contribution >= 0.6 is 24.0 Å². The maximum atomic E-state index is 12.2. The van der Waals surface area contributed by atoms with E-state index in [4.69, 9.17) is 22.1 Å². The molecule has 116 valence electrons. The minimum atomic E-state index is -0.985. The number of thioether (sulfide) groups is 1. The van der Waals surface area contributed by atoms with Crippen molar-refractivity contribution in [2.75, 3.05) is 13.7 Å². The second-order valence-electron chi connectivity index (χ2n) is 4.41. The number of nitrogens with zero attached hydrogens (tertiary/aromatic N) is 1. The van der Waals surface area contributed by atoms with Crippen molar-refractivity contribution in [3.05, 3.63) is 28.7 Å². The number of carbonyl (C=O) groups excluding carboxylic acids is 1. The molecule has 8 heteroatoms. The van der Waals surface area contributed by atoms with Crippen molar-refractivity contribution in [1.82, 2.24) is 4.90 Å². The molecule has 2 N–H and O–H groups in total. The molecule has 0 saturated carbocycles. The molecule has 1 aliphatic rings. The van der Waals surface area contributed by atoms with E-state index in [0.717, 1.165) is 11.8 Å². The minimum absolute atomic E-state index is 0.00802. The first-order valence-electron chi connectivity index (χ1n) is 6.26. The Kier molecular flexibility index (Phi) is 5.04. The van der Waals surface area contributed by atoms with Gasteiger partial charge < -0.3 is 14.9 Å². The van der Waals surface area contributed by atoms with Gasteiger partial charge >= 0.3 is 5.97 Å². The minimum Gasteiger partial charge on any atom is -0.504 e. The van der Waals surface area contributed by atoms with Crippen LogP contribution in [0.25, 0.3) is 6.08 Å². The first-order chi connectivity index (χ1) is 10.4. The molecule has 0 atom stereocenters. The van der Waals surface area contributed by atoms with Gasteiger partial charge in [-0.2, -0.15) is 0 Å². The number of carboxylic acids is 1. The zero-order valence-electron chi connectivity index (χ0n) is 11.6. The lowest BCUT2D eigenvalue weighted by Gasteiger charge is -2.12. The van der Waals surface area contributed by atoms with Crippen LogP contribution in [0.3, 0.4) is 0 Å². The third kappa shape index (κ3) is 3.58. The maximum Gasteiger partial charge on any atom is 0.305 e. The molecule has 1 aromatic carbocycles. The fourth-order valence-electron chi connectivity index (χ4n) is 1.84. The quantitative estimate of drug-likeness (QED) is 0.627. The monoisotopic (exact) mass is 339 g/mol. The molecule has 0 unspecified atom stereocenters. The molecule has 0 spiro atoms. The number of methoxy groups -OCH3 is 1. The summed E-state index contributed by atoms with van der Waals surface area (Å²) in [5.74, 6) is -0.992. The van der Waals surface area contributed by atoms with Crippen LogP contribution < -0.4 is 4.74 Å². The number of carbonyl (C=O) groups is 2. The first kappa shape index (κ1) is 16.3. The van der Waals surface area contributed by atoms with E-state index in [1.807, 2.05) is 0 Å². The Labute approximate surface area is 136 Å². The van der Waals surface area contributed by atoms with Crippen LogP contribution in [0.5, 0.6) is 11.5 Å². The number of hydrogen-bond acceptors (Lipinski definition) is 6. The Morgan fingerprint density at radius 1 is 1.50 bits per heavy atom. The lowest BCUT2D eigenvalue weighted by molar-refractivity contribution is -0.137. The lowest BCUT2D eigenvalue weighted by Crippen LogP contribution is -2.30. The zero-order chi connectivity index (χ0) is 16.3. The number of carboxylic acid groups (broad SMARTS) is 1. The topological polar surface area (TPSA) is 87.1 Å². The smallest absolute Gasteiger partial charge is 0.305 e. The van der Waals surface area contributed by atoms with E-state index in [2.05, 4.69) is 0 Å². The number of aliphatic carboxylic acids is 1. The second kappa shape index (κ2) is 6.80. The molecule has 0 radical (unpaired) electrons. The summed E-state index contributed by atoms with van der Waals surface area (Å²) in [6, 6.07) is 4.70. The van der Waals surface area contributed by atoms with E-state index >= 15 is 0 Å². The number of phenolic OH excluding ortho intramolecular Hbond substituents is 1. The highest BCUT2D eigenvalue weighted by Crippen LogP contribution is 2.34. The van der Waals surface area contributed by atoms with Gasteiger partial charge in [0.25, 0.3) is 5.91 Å². The van der Waals surface area contributed by atoms with Crippen LogP contribution in [-0.4, -0.2) is 45.0 Å². The van der Waals surface area contributed by atoms with Crippen molar-refractivity contribution < 1.29 is 24.5 Å². The molecule has 6 nitrogen and oxygen atoms in total. The van der Waals surface area contributed by atoms with Crippen LogP contribution in [0.4, 0.5) is 0 Å². The van der Waals surface area contributed by atoms with Gasteiger partial charge in [-0.1, -0.05) is 30.0 Å². The molecule has 1 heterocycles. The van der Waals surface area contributed by atoms with Crippen molar-refractivity contribution in [2.45, 2.75) is 6.42 Å². The molecular formula is C14H13NO5S2. The van der Waals surface area contributed by atoms with Crippen molar-refractivity contribution in [1.29, 1.82) is 0 Å². The number of phenols is 1. The average molecular weight is 339 g/mol. The highest BCUT2D eigenvalue weighted by molar-refractivity contribution is 8.26. The Bertz CT molecular complexity index is 671. The number of aromatic hydroxyl groups is 1. The first-order valence-corrected chi connectivity index (χ1v) is 7.49. The Morgan fingerprint density at radius 2 is 2.23 bits per heavy atom. The summed E-state index contributed by atoms with van der Waals surface area (Å²) in [6.45, 7) is 0.0518. The number of ether oxygens (including phenoxy) is 1. The molecule has 0 aliphatic carbocycles. The number of thiocarbonyl (C=S) groups is 1. The van der Waals surface area contributed by atoms with E-state index in [1.54, 1.807) is 18.2 Å². The third-order valence-electron chi connectivity index (χ3n) is 2.92. The van der Waals surface area contributed by atoms with Gasteiger partial charge in [0.2, 0.25) is 0 Å². The van der Waals surface area contributed by atoms with Gasteiger partial charge in [-0.25, -0.2) is 0 Å². The highest BCUT2D eigenvalue weighted by Gasteiger charge is 2.32. The standard InChI is InChI=1S/C14H13NO5S2/c1-20-10-6-8(2-3-9(10)16)7-11-13(19)15(14(21)22-11)5-4-12(17)18/h2-3,6-7,16H,4-5H2,1H3,(H,17,18). The number of rotatable bonds is 5. The van der Waals surface area contributed by atoms with E-state index in [9.17, 15) is 14.7 Å². The predicted octanol–water partition coefficient (Wildman–Crippen LogP) is 2.08. The maximum absolute atomic E-state index is 12.2. The van der Waals surface area contributed by atoms with Gasteiger partial charge in [0.1, 0.15) is 4.32 Å². The molecule has 1 aliphatic heterocycles. The molecule has 1 saturated heterocycles. The van der Waals surface area contributed by atoms with Crippen molar-refractivity contribution in [3.63, 3.8) is 0 Å². The summed E-state index contributed by atoms with van der Waals surface area (Å²) in [5, 5.41) is 18.2. The third-order valence-corrected chi connectivity index (χ3v) is 4.30. The summed E-state index contributed by atoms with van der Waals surface area (Å²) in [6.07, 6.45) is 1.47. The second-order valence-corrected chi connectivity index (χ2v) is 6.08.